The Morgan fingerprint density at radius 1 is 0.808 bits per heavy atom. The maximum Gasteiger partial charge on any atom is 0.336 e. The highest BCUT2D eigenvalue weighted by molar-refractivity contribution is 6.06. The molecule has 0 aliphatic heterocycles. The second kappa shape index (κ2) is 17.5. The van der Waals surface area contributed by atoms with E-state index in [-0.39, 0.29) is 47.0 Å². The maximum absolute atomic E-state index is 12.9. The van der Waals surface area contributed by atoms with Crippen LogP contribution in [-0.4, -0.2) is 79.8 Å². The minimum Gasteiger partial charge on any atom is -0.478 e. The Balaban J connectivity index is 1.20. The van der Waals surface area contributed by atoms with Gasteiger partial charge in [0.05, 0.1) is 35.6 Å². The zero-order valence-electron chi connectivity index (χ0n) is 28.9. The molecule has 4 amide bonds. The number of aromatic carboxylic acids is 1. The molecular weight excluding hydrogens is 672 g/mol. The van der Waals surface area contributed by atoms with Crippen molar-refractivity contribution < 1.29 is 29.1 Å². The van der Waals surface area contributed by atoms with Gasteiger partial charge in [0.25, 0.3) is 11.8 Å². The van der Waals surface area contributed by atoms with Gasteiger partial charge in [0.1, 0.15) is 6.04 Å². The van der Waals surface area contributed by atoms with Crippen molar-refractivity contribution in [2.24, 2.45) is 11.7 Å². The second-order valence-electron chi connectivity index (χ2n) is 12.2. The Kier molecular flexibility index (Phi) is 12.9. The molecule has 52 heavy (non-hydrogen) atoms. The van der Waals surface area contributed by atoms with Crippen LogP contribution < -0.4 is 43.8 Å². The predicted molar refractivity (Wildman–Crippen MR) is 194 cm³/mol. The number of carboxylic acids is 1. The minimum absolute atomic E-state index is 0.0177. The number of unbranched alkanes of at least 4 members (excludes halogenated alkanes) is 1. The van der Waals surface area contributed by atoms with E-state index in [9.17, 15) is 29.1 Å². The van der Waals surface area contributed by atoms with Crippen molar-refractivity contribution in [2.45, 2.75) is 52.2 Å². The number of fused-ring (bicyclic) bond motifs is 1. The van der Waals surface area contributed by atoms with Crippen LogP contribution in [0.15, 0.2) is 48.7 Å². The summed E-state index contributed by atoms with van der Waals surface area (Å²) >= 11 is 0. The largest absolute Gasteiger partial charge is 0.478 e. The van der Waals surface area contributed by atoms with Crippen molar-refractivity contribution in [3.63, 3.8) is 0 Å². The second-order valence-corrected chi connectivity index (χ2v) is 12.2. The number of carboxylic acid groups (broad SMARTS) is 1. The number of carbonyl (C=O) groups is 5. The fourth-order valence-corrected chi connectivity index (χ4v) is 4.78. The number of aromatic nitrogens is 4. The van der Waals surface area contributed by atoms with Gasteiger partial charge < -0.3 is 48.9 Å². The highest BCUT2D eigenvalue weighted by Crippen LogP contribution is 2.18. The van der Waals surface area contributed by atoms with Gasteiger partial charge in [-0.2, -0.15) is 9.97 Å². The Morgan fingerprint density at radius 2 is 1.46 bits per heavy atom. The summed E-state index contributed by atoms with van der Waals surface area (Å²) in [6.45, 7) is 5.92. The number of hydrogen-bond donors (Lipinski definition) is 9. The molecule has 274 valence electrons. The number of amides is 4. The third kappa shape index (κ3) is 10.3. The third-order valence-corrected chi connectivity index (χ3v) is 7.83. The summed E-state index contributed by atoms with van der Waals surface area (Å²) in [4.78, 5) is 78.8. The van der Waals surface area contributed by atoms with Crippen LogP contribution in [0.4, 0.5) is 23.1 Å². The number of rotatable bonds is 16. The number of nitrogens with zero attached hydrogens (tertiary/aromatic N) is 4. The molecule has 0 saturated carbocycles. The number of nitrogens with two attached hydrogens (primary N) is 3. The summed E-state index contributed by atoms with van der Waals surface area (Å²) < 4.78 is 0. The third-order valence-electron chi connectivity index (χ3n) is 7.83. The standard InChI is InChI=1S/C34H42N12O6/c1-17(2)25(35)32(50)42-18(3)29(47)44-21-10-11-23(33(51)52)24(14-21)31(49)39-13-5-4-12-38-30(48)19-6-8-20(9-7-19)40-15-22-16-41-28-26(43-22)27(36)45-34(37)46-28/h6-11,14,16-18,25,40H,4-5,12-13,15,35H2,1-3H3,(H,38,48)(H,39,49)(H,42,50)(H,44,47)(H,51,52)(H4,36,37,41,45,46)/t18-,25-/m0/s1. The first-order valence-corrected chi connectivity index (χ1v) is 16.4. The summed E-state index contributed by atoms with van der Waals surface area (Å²) in [6.07, 6.45) is 2.58. The SMILES string of the molecule is CC(C)[C@H](N)C(=O)N[C@@H](C)C(=O)Nc1ccc(C(=O)O)c(C(=O)NCCCCNC(=O)c2ccc(NCc3cnc4nc(N)nc(N)c4n3)cc2)c1. The molecule has 0 aliphatic rings. The fraction of sp³-hybridized carbons (Fsp3) is 0.324. The molecule has 18 heteroatoms. The van der Waals surface area contributed by atoms with Gasteiger partial charge in [0.15, 0.2) is 17.0 Å². The topological polar surface area (TPSA) is 295 Å². The van der Waals surface area contributed by atoms with Crippen LogP contribution in [0.25, 0.3) is 11.2 Å². The quantitative estimate of drug-likeness (QED) is 0.0739. The minimum atomic E-state index is -1.32. The van der Waals surface area contributed by atoms with Crippen LogP contribution >= 0.6 is 0 Å². The van der Waals surface area contributed by atoms with Crippen LogP contribution in [0, 0.1) is 5.92 Å². The maximum atomic E-state index is 12.9. The molecule has 18 nitrogen and oxygen atoms in total. The smallest absolute Gasteiger partial charge is 0.336 e. The van der Waals surface area contributed by atoms with E-state index in [0.29, 0.717) is 48.4 Å². The highest BCUT2D eigenvalue weighted by atomic mass is 16.4. The number of nitrogen functional groups attached to an aromatic ring is 2. The molecule has 0 unspecified atom stereocenters. The lowest BCUT2D eigenvalue weighted by atomic mass is 10.0. The molecule has 0 saturated heterocycles. The van der Waals surface area contributed by atoms with Gasteiger partial charge >= 0.3 is 5.97 Å². The molecule has 0 aliphatic carbocycles. The van der Waals surface area contributed by atoms with Gasteiger partial charge in [-0.05, 0) is 68.1 Å². The molecule has 0 bridgehead atoms. The van der Waals surface area contributed by atoms with Crippen molar-refractivity contribution in [1.82, 2.24) is 35.9 Å². The molecule has 4 aromatic rings. The molecule has 0 radical (unpaired) electrons. The summed E-state index contributed by atoms with van der Waals surface area (Å²) in [5, 5.41) is 23.4. The average molecular weight is 715 g/mol. The van der Waals surface area contributed by atoms with E-state index >= 15 is 0 Å². The van der Waals surface area contributed by atoms with Crippen molar-refractivity contribution in [1.29, 1.82) is 0 Å². The lowest BCUT2D eigenvalue weighted by molar-refractivity contribution is -0.127. The first kappa shape index (κ1) is 38.4. The number of hydrogen-bond acceptors (Lipinski definition) is 13. The van der Waals surface area contributed by atoms with E-state index in [1.807, 2.05) is 0 Å². The molecule has 2 atom stereocenters. The van der Waals surface area contributed by atoms with Crippen LogP contribution in [-0.2, 0) is 16.1 Å². The lowest BCUT2D eigenvalue weighted by Crippen LogP contribution is -2.50. The van der Waals surface area contributed by atoms with E-state index in [1.54, 1.807) is 44.3 Å². The Hall–Kier alpha value is -6.43. The normalized spacial score (nSPS) is 12.1. The summed E-state index contributed by atoms with van der Waals surface area (Å²) in [5.74, 6) is -3.26. The molecule has 2 aromatic heterocycles. The zero-order chi connectivity index (χ0) is 37.9. The molecule has 0 fully saturated rings. The van der Waals surface area contributed by atoms with Gasteiger partial charge in [-0.1, -0.05) is 13.8 Å². The van der Waals surface area contributed by atoms with Crippen molar-refractivity contribution in [2.75, 3.05) is 35.2 Å². The Morgan fingerprint density at radius 3 is 2.12 bits per heavy atom. The van der Waals surface area contributed by atoms with E-state index in [2.05, 4.69) is 46.5 Å². The first-order valence-electron chi connectivity index (χ1n) is 16.4. The van der Waals surface area contributed by atoms with Crippen LogP contribution in [0.5, 0.6) is 0 Å². The van der Waals surface area contributed by atoms with Gasteiger partial charge in [0, 0.05) is 30.0 Å². The summed E-state index contributed by atoms with van der Waals surface area (Å²) in [6, 6.07) is 8.96. The van der Waals surface area contributed by atoms with Crippen LogP contribution in [0.2, 0.25) is 0 Å². The Bertz CT molecular complexity index is 1950. The lowest BCUT2D eigenvalue weighted by Gasteiger charge is -2.19. The molecule has 0 spiro atoms. The fourth-order valence-electron chi connectivity index (χ4n) is 4.78. The number of anilines is 4. The first-order chi connectivity index (χ1) is 24.7. The van der Waals surface area contributed by atoms with Gasteiger partial charge in [-0.3, -0.25) is 19.2 Å². The van der Waals surface area contributed by atoms with Crippen molar-refractivity contribution >= 4 is 63.9 Å². The van der Waals surface area contributed by atoms with E-state index in [0.717, 1.165) is 5.69 Å². The predicted octanol–water partition coefficient (Wildman–Crippen LogP) is 1.26. The van der Waals surface area contributed by atoms with E-state index in [1.165, 1.54) is 25.1 Å². The zero-order valence-corrected chi connectivity index (χ0v) is 28.9. The van der Waals surface area contributed by atoms with Crippen molar-refractivity contribution in [3.05, 3.63) is 71.0 Å². The number of carbonyl (C=O) groups excluding carboxylic acids is 4. The van der Waals surface area contributed by atoms with Gasteiger partial charge in [-0.25, -0.2) is 14.8 Å². The molecule has 2 heterocycles. The summed E-state index contributed by atoms with van der Waals surface area (Å²) in [5.41, 5.74) is 19.6. The van der Waals surface area contributed by atoms with E-state index < -0.39 is 35.8 Å². The Labute approximate surface area is 298 Å². The van der Waals surface area contributed by atoms with Crippen LogP contribution in [0.1, 0.15) is 70.4 Å². The number of benzene rings is 2. The molecule has 4 rings (SSSR count). The van der Waals surface area contributed by atoms with Crippen molar-refractivity contribution in [3.8, 4) is 0 Å². The average Bonchev–Trinajstić information content (AvgIpc) is 3.11. The molecule has 12 N–H and O–H groups in total. The molecular formula is C34H42N12O6. The molecule has 2 aromatic carbocycles. The highest BCUT2D eigenvalue weighted by Gasteiger charge is 2.23. The monoisotopic (exact) mass is 714 g/mol. The van der Waals surface area contributed by atoms with Gasteiger partial charge in [0.2, 0.25) is 17.8 Å². The van der Waals surface area contributed by atoms with Gasteiger partial charge in [-0.15, -0.1) is 0 Å². The van der Waals surface area contributed by atoms with E-state index in [4.69, 9.17) is 17.2 Å². The van der Waals surface area contributed by atoms with Crippen LogP contribution in [0.3, 0.4) is 0 Å². The summed E-state index contributed by atoms with van der Waals surface area (Å²) in [7, 11) is 0. The number of nitrogens with one attached hydrogen (secondary N) is 5.